The summed E-state index contributed by atoms with van der Waals surface area (Å²) in [6, 6.07) is 6.19. The van der Waals surface area contributed by atoms with Gasteiger partial charge in [0.15, 0.2) is 17.3 Å². The molecule has 0 bridgehead atoms. The minimum Gasteiger partial charge on any atom is -0.454 e. The van der Waals surface area contributed by atoms with Crippen molar-refractivity contribution in [2.45, 2.75) is 6.92 Å². The van der Waals surface area contributed by atoms with Crippen molar-refractivity contribution in [3.63, 3.8) is 0 Å². The Morgan fingerprint density at radius 2 is 1.95 bits per heavy atom. The highest BCUT2D eigenvalue weighted by atomic mass is 35.5. The van der Waals surface area contributed by atoms with Gasteiger partial charge in [0.2, 0.25) is 6.79 Å². The van der Waals surface area contributed by atoms with Crippen LogP contribution in [0.5, 0.6) is 11.5 Å². The maximum absolute atomic E-state index is 12.2. The molecule has 22 heavy (non-hydrogen) atoms. The minimum atomic E-state index is -0.398. The molecule has 112 valence electrons. The minimum absolute atomic E-state index is 0.0885. The summed E-state index contributed by atoms with van der Waals surface area (Å²) in [5.41, 5.74) is 1.03. The summed E-state index contributed by atoms with van der Waals surface area (Å²) in [6.45, 7) is 1.50. The van der Waals surface area contributed by atoms with Gasteiger partial charge < -0.3 is 14.8 Å². The lowest BCUT2D eigenvalue weighted by Crippen LogP contribution is -2.14. The summed E-state index contributed by atoms with van der Waals surface area (Å²) >= 11 is 5.69. The molecule has 3 rings (SSSR count). The van der Waals surface area contributed by atoms with Crippen LogP contribution in [0.25, 0.3) is 0 Å². The van der Waals surface area contributed by atoms with Gasteiger partial charge in [0.05, 0.1) is 11.3 Å². The van der Waals surface area contributed by atoms with Crippen LogP contribution in [0, 0.1) is 0 Å². The molecule has 7 heteroatoms. The largest absolute Gasteiger partial charge is 0.454 e. The highest BCUT2D eigenvalue weighted by molar-refractivity contribution is 6.29. The van der Waals surface area contributed by atoms with Gasteiger partial charge in [0.25, 0.3) is 5.91 Å². The Morgan fingerprint density at radius 1 is 1.23 bits per heavy atom. The van der Waals surface area contributed by atoms with E-state index in [2.05, 4.69) is 10.3 Å². The number of Topliss-reactive ketones (excluding diaryl/α,β-unsaturated/α-hetero) is 1. The van der Waals surface area contributed by atoms with Crippen molar-refractivity contribution in [1.29, 1.82) is 0 Å². The molecule has 2 aromatic rings. The molecule has 0 radical (unpaired) electrons. The molecule has 0 atom stereocenters. The van der Waals surface area contributed by atoms with Gasteiger partial charge >= 0.3 is 0 Å². The maximum Gasteiger partial charge on any atom is 0.257 e. The monoisotopic (exact) mass is 318 g/mol. The lowest BCUT2D eigenvalue weighted by molar-refractivity contribution is 0.101. The molecule has 0 saturated carbocycles. The van der Waals surface area contributed by atoms with E-state index < -0.39 is 5.91 Å². The number of fused-ring (bicyclic) bond motifs is 1. The van der Waals surface area contributed by atoms with Crippen molar-refractivity contribution < 1.29 is 19.1 Å². The van der Waals surface area contributed by atoms with Crippen LogP contribution in [0.2, 0.25) is 5.15 Å². The first-order valence-corrected chi connectivity index (χ1v) is 6.80. The van der Waals surface area contributed by atoms with E-state index in [0.29, 0.717) is 33.5 Å². The molecule has 6 nitrogen and oxygen atoms in total. The summed E-state index contributed by atoms with van der Waals surface area (Å²) in [5.74, 6) is 0.374. The number of carbonyl (C=O) groups is 2. The van der Waals surface area contributed by atoms with E-state index in [-0.39, 0.29) is 12.6 Å². The van der Waals surface area contributed by atoms with Crippen LogP contribution in [0.15, 0.2) is 30.5 Å². The van der Waals surface area contributed by atoms with E-state index in [4.69, 9.17) is 21.1 Å². The number of pyridine rings is 1. The van der Waals surface area contributed by atoms with E-state index in [0.717, 1.165) is 0 Å². The van der Waals surface area contributed by atoms with Crippen molar-refractivity contribution in [3.8, 4) is 11.5 Å². The molecule has 0 unspecified atom stereocenters. The van der Waals surface area contributed by atoms with Crippen LogP contribution >= 0.6 is 11.6 Å². The van der Waals surface area contributed by atoms with E-state index in [1.807, 2.05) is 0 Å². The van der Waals surface area contributed by atoms with Crippen LogP contribution in [0.4, 0.5) is 5.69 Å². The van der Waals surface area contributed by atoms with Crippen molar-refractivity contribution in [3.05, 3.63) is 46.7 Å². The van der Waals surface area contributed by atoms with Gasteiger partial charge in [-0.1, -0.05) is 11.6 Å². The normalized spacial score (nSPS) is 12.1. The summed E-state index contributed by atoms with van der Waals surface area (Å²) in [5, 5.41) is 2.97. The fourth-order valence-corrected chi connectivity index (χ4v) is 2.15. The zero-order valence-electron chi connectivity index (χ0n) is 11.6. The zero-order valence-corrected chi connectivity index (χ0v) is 12.3. The third-order valence-electron chi connectivity index (χ3n) is 3.13. The van der Waals surface area contributed by atoms with E-state index in [9.17, 15) is 9.59 Å². The van der Waals surface area contributed by atoms with Gasteiger partial charge in [-0.3, -0.25) is 9.59 Å². The van der Waals surface area contributed by atoms with Gasteiger partial charge in [-0.15, -0.1) is 0 Å². The number of ketones is 1. The number of nitrogens with one attached hydrogen (secondary N) is 1. The molecule has 2 heterocycles. The van der Waals surface area contributed by atoms with Crippen LogP contribution in [-0.4, -0.2) is 23.5 Å². The third-order valence-corrected chi connectivity index (χ3v) is 3.35. The van der Waals surface area contributed by atoms with Crippen molar-refractivity contribution in [2.24, 2.45) is 0 Å². The number of aromatic nitrogens is 1. The van der Waals surface area contributed by atoms with Gasteiger partial charge in [0.1, 0.15) is 5.15 Å². The topological polar surface area (TPSA) is 77.5 Å². The number of nitrogens with zero attached hydrogens (tertiary/aromatic N) is 1. The molecule has 0 aliphatic carbocycles. The van der Waals surface area contributed by atoms with E-state index in [1.54, 1.807) is 18.2 Å². The Morgan fingerprint density at radius 3 is 2.59 bits per heavy atom. The fraction of sp³-hybridized carbons (Fsp3) is 0.133. The van der Waals surface area contributed by atoms with Crippen LogP contribution in [0.3, 0.4) is 0 Å². The standard InChI is InChI=1S/C15H11ClN2O4/c1-8(19)10-4-12-13(22-7-21-12)5-11(10)18-15(20)9-2-3-14(16)17-6-9/h2-6H,7H2,1H3,(H,18,20). The summed E-state index contributed by atoms with van der Waals surface area (Å²) < 4.78 is 10.5. The molecule has 0 saturated heterocycles. The highest BCUT2D eigenvalue weighted by Gasteiger charge is 2.20. The van der Waals surface area contributed by atoms with Crippen LogP contribution in [-0.2, 0) is 0 Å². The van der Waals surface area contributed by atoms with Gasteiger partial charge in [-0.05, 0) is 25.1 Å². The molecule has 1 aromatic heterocycles. The summed E-state index contributed by atoms with van der Waals surface area (Å²) in [6.07, 6.45) is 1.36. The molecular weight excluding hydrogens is 308 g/mol. The first kappa shape index (κ1) is 14.3. The molecule has 0 fully saturated rings. The Bertz CT molecular complexity index is 759. The SMILES string of the molecule is CC(=O)c1cc2c(cc1NC(=O)c1ccc(Cl)nc1)OCO2. The van der Waals surface area contributed by atoms with Crippen LogP contribution < -0.4 is 14.8 Å². The fourth-order valence-electron chi connectivity index (χ4n) is 2.04. The first-order valence-electron chi connectivity index (χ1n) is 6.42. The quantitative estimate of drug-likeness (QED) is 0.695. The summed E-state index contributed by atoms with van der Waals surface area (Å²) in [4.78, 5) is 27.8. The second-order valence-electron chi connectivity index (χ2n) is 4.63. The zero-order chi connectivity index (χ0) is 15.7. The molecule has 1 N–H and O–H groups in total. The average molecular weight is 319 g/mol. The predicted octanol–water partition coefficient (Wildman–Crippen LogP) is 2.92. The Balaban J connectivity index is 1.92. The average Bonchev–Trinajstić information content (AvgIpc) is 2.94. The Hall–Kier alpha value is -2.60. The number of benzene rings is 1. The van der Waals surface area contributed by atoms with Gasteiger partial charge in [-0.25, -0.2) is 4.98 Å². The van der Waals surface area contributed by atoms with Crippen molar-refractivity contribution >= 4 is 29.0 Å². The number of carbonyl (C=O) groups excluding carboxylic acids is 2. The number of halogens is 1. The van der Waals surface area contributed by atoms with E-state index >= 15 is 0 Å². The molecule has 1 aliphatic heterocycles. The van der Waals surface area contributed by atoms with Crippen molar-refractivity contribution in [1.82, 2.24) is 4.98 Å². The van der Waals surface area contributed by atoms with Crippen molar-refractivity contribution in [2.75, 3.05) is 12.1 Å². The second kappa shape index (κ2) is 5.65. The molecule has 1 amide bonds. The predicted molar refractivity (Wildman–Crippen MR) is 79.8 cm³/mol. The first-order chi connectivity index (χ1) is 10.5. The Kier molecular flexibility index (Phi) is 3.68. The third kappa shape index (κ3) is 2.73. The van der Waals surface area contributed by atoms with E-state index in [1.165, 1.54) is 19.2 Å². The maximum atomic E-state index is 12.2. The number of hydrogen-bond donors (Lipinski definition) is 1. The highest BCUT2D eigenvalue weighted by Crippen LogP contribution is 2.37. The number of rotatable bonds is 3. The smallest absolute Gasteiger partial charge is 0.257 e. The molecule has 0 spiro atoms. The Labute approximate surface area is 131 Å². The van der Waals surface area contributed by atoms with Gasteiger partial charge in [0, 0.05) is 17.8 Å². The van der Waals surface area contributed by atoms with Crippen LogP contribution in [0.1, 0.15) is 27.6 Å². The summed E-state index contributed by atoms with van der Waals surface area (Å²) in [7, 11) is 0. The lowest BCUT2D eigenvalue weighted by atomic mass is 10.1. The van der Waals surface area contributed by atoms with Gasteiger partial charge in [-0.2, -0.15) is 0 Å². The lowest BCUT2D eigenvalue weighted by Gasteiger charge is -2.10. The molecule has 1 aliphatic rings. The number of anilines is 1. The number of ether oxygens (including phenoxy) is 2. The second-order valence-corrected chi connectivity index (χ2v) is 5.02. The molecular formula is C15H11ClN2O4. The number of amides is 1. The number of hydrogen-bond acceptors (Lipinski definition) is 5. The molecule has 1 aromatic carbocycles.